The highest BCUT2D eigenvalue weighted by Crippen LogP contribution is 2.12. The Bertz CT molecular complexity index is 206. The van der Waals surface area contributed by atoms with E-state index in [2.05, 4.69) is 39.5 Å². The zero-order chi connectivity index (χ0) is 10.8. The molecule has 0 spiro atoms. The molecule has 0 aliphatic heterocycles. The van der Waals surface area contributed by atoms with Crippen molar-refractivity contribution in [3.05, 3.63) is 36.0 Å². The first-order valence-electron chi connectivity index (χ1n) is 5.65. The highest BCUT2D eigenvalue weighted by Gasteiger charge is 1.92. The molecule has 0 aromatic carbocycles. The highest BCUT2D eigenvalue weighted by atomic mass is 14.0. The summed E-state index contributed by atoms with van der Waals surface area (Å²) in [5.41, 5.74) is 3.06. The number of hydrogen-bond acceptors (Lipinski definition) is 0. The molecule has 0 rings (SSSR count). The Morgan fingerprint density at radius 1 is 1.21 bits per heavy atom. The standard InChI is InChI=1S/C14H24/c1-5-8-10-13(4)11-9-12-14(6-2)7-3/h5-6,11H,1,7-10,12H2,2-4H3/b13-11+,14-6-. The Balaban J connectivity index is 3.74. The van der Waals surface area contributed by atoms with Crippen LogP contribution in [-0.4, -0.2) is 0 Å². The summed E-state index contributed by atoms with van der Waals surface area (Å²) in [4.78, 5) is 0. The van der Waals surface area contributed by atoms with E-state index in [1.165, 1.54) is 31.3 Å². The maximum absolute atomic E-state index is 3.73. The molecule has 0 saturated heterocycles. The second-order valence-electron chi connectivity index (χ2n) is 3.72. The smallest absolute Gasteiger partial charge is 0.0286 e. The zero-order valence-corrected chi connectivity index (χ0v) is 9.97. The predicted molar refractivity (Wildman–Crippen MR) is 66.5 cm³/mol. The summed E-state index contributed by atoms with van der Waals surface area (Å²) in [5, 5.41) is 0. The van der Waals surface area contributed by atoms with Crippen LogP contribution >= 0.6 is 0 Å². The van der Waals surface area contributed by atoms with E-state index in [0.717, 1.165) is 6.42 Å². The number of rotatable bonds is 7. The van der Waals surface area contributed by atoms with Crippen LogP contribution in [0.5, 0.6) is 0 Å². The van der Waals surface area contributed by atoms with E-state index in [1.54, 1.807) is 5.57 Å². The van der Waals surface area contributed by atoms with Gasteiger partial charge in [0.05, 0.1) is 0 Å². The van der Waals surface area contributed by atoms with Crippen molar-refractivity contribution in [3.8, 4) is 0 Å². The van der Waals surface area contributed by atoms with Crippen LogP contribution in [0, 0.1) is 0 Å². The third-order valence-corrected chi connectivity index (χ3v) is 2.56. The molecule has 0 nitrogen and oxygen atoms in total. The van der Waals surface area contributed by atoms with Gasteiger partial charge < -0.3 is 0 Å². The molecule has 0 amide bonds. The van der Waals surface area contributed by atoms with Crippen molar-refractivity contribution in [1.29, 1.82) is 0 Å². The van der Waals surface area contributed by atoms with Crippen LogP contribution in [-0.2, 0) is 0 Å². The van der Waals surface area contributed by atoms with Gasteiger partial charge in [0, 0.05) is 0 Å². The molecule has 0 aliphatic rings. The molecule has 0 atom stereocenters. The van der Waals surface area contributed by atoms with Gasteiger partial charge >= 0.3 is 0 Å². The number of hydrogen-bond donors (Lipinski definition) is 0. The molecule has 0 N–H and O–H groups in total. The molecule has 0 heteroatoms. The van der Waals surface area contributed by atoms with Crippen LogP contribution in [0.4, 0.5) is 0 Å². The monoisotopic (exact) mass is 192 g/mol. The van der Waals surface area contributed by atoms with Crippen molar-refractivity contribution in [2.24, 2.45) is 0 Å². The summed E-state index contributed by atoms with van der Waals surface area (Å²) < 4.78 is 0. The zero-order valence-electron chi connectivity index (χ0n) is 9.97. The molecule has 0 radical (unpaired) electrons. The topological polar surface area (TPSA) is 0 Å². The first-order valence-corrected chi connectivity index (χ1v) is 5.65. The van der Waals surface area contributed by atoms with Gasteiger partial charge in [0.2, 0.25) is 0 Å². The fourth-order valence-corrected chi connectivity index (χ4v) is 1.46. The first-order chi connectivity index (χ1) is 6.74. The van der Waals surface area contributed by atoms with E-state index < -0.39 is 0 Å². The first kappa shape index (κ1) is 13.2. The van der Waals surface area contributed by atoms with Gasteiger partial charge in [-0.1, -0.05) is 36.3 Å². The summed E-state index contributed by atoms with van der Waals surface area (Å²) in [6.45, 7) is 10.3. The fraction of sp³-hybridized carbons (Fsp3) is 0.571. The van der Waals surface area contributed by atoms with Crippen molar-refractivity contribution < 1.29 is 0 Å². The van der Waals surface area contributed by atoms with Gasteiger partial charge in [0.25, 0.3) is 0 Å². The van der Waals surface area contributed by atoms with Gasteiger partial charge in [0.15, 0.2) is 0 Å². The summed E-state index contributed by atoms with van der Waals surface area (Å²) in [6.07, 6.45) is 12.5. The van der Waals surface area contributed by atoms with E-state index >= 15 is 0 Å². The lowest BCUT2D eigenvalue weighted by molar-refractivity contribution is 0.883. The largest absolute Gasteiger partial charge is 0.103 e. The van der Waals surface area contributed by atoms with E-state index in [4.69, 9.17) is 0 Å². The average Bonchev–Trinajstić information content (AvgIpc) is 2.21. The van der Waals surface area contributed by atoms with Gasteiger partial charge in [-0.05, 0) is 46.0 Å². The highest BCUT2D eigenvalue weighted by molar-refractivity contribution is 5.04. The van der Waals surface area contributed by atoms with Crippen LogP contribution in [0.1, 0.15) is 52.9 Å². The molecule has 0 aromatic rings. The van der Waals surface area contributed by atoms with Crippen LogP contribution in [0.3, 0.4) is 0 Å². The Kier molecular flexibility index (Phi) is 8.31. The lowest BCUT2D eigenvalue weighted by Crippen LogP contribution is -1.81. The SMILES string of the molecule is C=CCC/C(C)=C/CC/C(=C\C)CC. The fourth-order valence-electron chi connectivity index (χ4n) is 1.46. The molecular weight excluding hydrogens is 168 g/mol. The Hall–Kier alpha value is -0.780. The second kappa shape index (κ2) is 8.80. The van der Waals surface area contributed by atoms with Gasteiger partial charge in [-0.3, -0.25) is 0 Å². The molecule has 0 saturated carbocycles. The molecule has 0 aromatic heterocycles. The van der Waals surface area contributed by atoms with Gasteiger partial charge in [-0.15, -0.1) is 6.58 Å². The molecule has 0 fully saturated rings. The van der Waals surface area contributed by atoms with Crippen molar-refractivity contribution in [2.75, 3.05) is 0 Å². The minimum atomic E-state index is 1.10. The third kappa shape index (κ3) is 6.71. The lowest BCUT2D eigenvalue weighted by Gasteiger charge is -2.02. The minimum Gasteiger partial charge on any atom is -0.103 e. The van der Waals surface area contributed by atoms with Crippen LogP contribution in [0.25, 0.3) is 0 Å². The van der Waals surface area contributed by atoms with Crippen molar-refractivity contribution >= 4 is 0 Å². The molecule has 0 heterocycles. The summed E-state index contributed by atoms with van der Waals surface area (Å²) in [7, 11) is 0. The average molecular weight is 192 g/mol. The quantitative estimate of drug-likeness (QED) is 0.496. The minimum absolute atomic E-state index is 1.10. The van der Waals surface area contributed by atoms with Crippen molar-refractivity contribution in [3.63, 3.8) is 0 Å². The molecule has 80 valence electrons. The number of allylic oxidation sites excluding steroid dienone is 5. The van der Waals surface area contributed by atoms with Crippen LogP contribution in [0.15, 0.2) is 36.0 Å². The molecule has 0 aliphatic carbocycles. The Morgan fingerprint density at radius 2 is 1.93 bits per heavy atom. The van der Waals surface area contributed by atoms with Crippen LogP contribution in [0.2, 0.25) is 0 Å². The maximum Gasteiger partial charge on any atom is -0.0286 e. The predicted octanol–water partition coefficient (Wildman–Crippen LogP) is 5.04. The normalized spacial score (nSPS) is 13.1. The van der Waals surface area contributed by atoms with E-state index in [9.17, 15) is 0 Å². The maximum atomic E-state index is 3.73. The molecule has 0 bridgehead atoms. The van der Waals surface area contributed by atoms with Gasteiger partial charge in [-0.2, -0.15) is 0 Å². The Labute approximate surface area is 89.4 Å². The Morgan fingerprint density at radius 3 is 2.43 bits per heavy atom. The van der Waals surface area contributed by atoms with E-state index in [0.29, 0.717) is 0 Å². The molecule has 14 heavy (non-hydrogen) atoms. The molecule has 0 unspecified atom stereocenters. The van der Waals surface area contributed by atoms with Crippen molar-refractivity contribution in [1.82, 2.24) is 0 Å². The second-order valence-corrected chi connectivity index (χ2v) is 3.72. The summed E-state index contributed by atoms with van der Waals surface area (Å²) in [6, 6.07) is 0. The third-order valence-electron chi connectivity index (χ3n) is 2.56. The van der Waals surface area contributed by atoms with Gasteiger partial charge in [-0.25, -0.2) is 0 Å². The summed E-state index contributed by atoms with van der Waals surface area (Å²) >= 11 is 0. The van der Waals surface area contributed by atoms with Gasteiger partial charge in [0.1, 0.15) is 0 Å². The lowest BCUT2D eigenvalue weighted by atomic mass is 10.0. The van der Waals surface area contributed by atoms with E-state index in [-0.39, 0.29) is 0 Å². The van der Waals surface area contributed by atoms with Crippen molar-refractivity contribution in [2.45, 2.75) is 52.9 Å². The summed E-state index contributed by atoms with van der Waals surface area (Å²) in [5.74, 6) is 0. The molecular formula is C14H24. The van der Waals surface area contributed by atoms with Crippen LogP contribution < -0.4 is 0 Å². The van der Waals surface area contributed by atoms with E-state index in [1.807, 2.05) is 6.08 Å².